The standard InChI is InChI=1S/C15H18FNO2/c16-12-3-1-2-10(6-12)7-15(19)17-8-11-4-5-14(18)13(11)9-17/h1-3,6,11,13-14,18H,4-5,7-9H2. The van der Waals surface area contributed by atoms with E-state index in [0.29, 0.717) is 18.0 Å². The van der Waals surface area contributed by atoms with Crippen molar-refractivity contribution in [3.63, 3.8) is 0 Å². The molecule has 1 amide bonds. The minimum Gasteiger partial charge on any atom is -0.393 e. The van der Waals surface area contributed by atoms with Crippen molar-refractivity contribution in [1.29, 1.82) is 0 Å². The third kappa shape index (κ3) is 2.50. The lowest BCUT2D eigenvalue weighted by Crippen LogP contribution is -2.32. The molecule has 1 saturated heterocycles. The third-order valence-electron chi connectivity index (χ3n) is 4.42. The number of nitrogens with zero attached hydrogens (tertiary/aromatic N) is 1. The molecule has 1 aliphatic heterocycles. The predicted molar refractivity (Wildman–Crippen MR) is 68.9 cm³/mol. The summed E-state index contributed by atoms with van der Waals surface area (Å²) in [5.74, 6) is 0.425. The summed E-state index contributed by atoms with van der Waals surface area (Å²) in [6, 6.07) is 6.18. The first-order valence-corrected chi connectivity index (χ1v) is 6.84. The minimum atomic E-state index is -0.306. The number of rotatable bonds is 2. The van der Waals surface area contributed by atoms with Crippen molar-refractivity contribution in [2.45, 2.75) is 25.4 Å². The van der Waals surface area contributed by atoms with Gasteiger partial charge in [-0.25, -0.2) is 4.39 Å². The monoisotopic (exact) mass is 263 g/mol. The molecule has 1 N–H and O–H groups in total. The van der Waals surface area contributed by atoms with Gasteiger partial charge < -0.3 is 10.0 Å². The van der Waals surface area contributed by atoms with Crippen LogP contribution in [0.25, 0.3) is 0 Å². The Morgan fingerprint density at radius 2 is 2.21 bits per heavy atom. The smallest absolute Gasteiger partial charge is 0.227 e. The van der Waals surface area contributed by atoms with Gasteiger partial charge in [-0.15, -0.1) is 0 Å². The largest absolute Gasteiger partial charge is 0.393 e. The lowest BCUT2D eigenvalue weighted by atomic mass is 10.00. The number of carbonyl (C=O) groups excluding carboxylic acids is 1. The number of aliphatic hydroxyl groups is 1. The average molecular weight is 263 g/mol. The molecule has 3 atom stereocenters. The van der Waals surface area contributed by atoms with Crippen LogP contribution in [0.1, 0.15) is 18.4 Å². The summed E-state index contributed by atoms with van der Waals surface area (Å²) in [5.41, 5.74) is 0.711. The van der Waals surface area contributed by atoms with Crippen LogP contribution in [0.5, 0.6) is 0 Å². The number of benzene rings is 1. The first kappa shape index (κ1) is 12.6. The molecule has 3 rings (SSSR count). The number of hydrogen-bond donors (Lipinski definition) is 1. The van der Waals surface area contributed by atoms with E-state index in [2.05, 4.69) is 0 Å². The summed E-state index contributed by atoms with van der Waals surface area (Å²) in [6.07, 6.45) is 1.86. The summed E-state index contributed by atoms with van der Waals surface area (Å²) in [4.78, 5) is 14.0. The molecule has 1 aliphatic carbocycles. The van der Waals surface area contributed by atoms with Crippen LogP contribution in [0.2, 0.25) is 0 Å². The Morgan fingerprint density at radius 3 is 2.95 bits per heavy atom. The second-order valence-corrected chi connectivity index (χ2v) is 5.67. The molecule has 1 saturated carbocycles. The summed E-state index contributed by atoms with van der Waals surface area (Å²) in [5, 5.41) is 9.84. The average Bonchev–Trinajstić information content (AvgIpc) is 2.92. The van der Waals surface area contributed by atoms with E-state index < -0.39 is 0 Å². The number of fused-ring (bicyclic) bond motifs is 1. The molecule has 0 radical (unpaired) electrons. The van der Waals surface area contributed by atoms with Gasteiger partial charge in [0.1, 0.15) is 5.82 Å². The van der Waals surface area contributed by atoms with Crippen molar-refractivity contribution in [2.75, 3.05) is 13.1 Å². The maximum Gasteiger partial charge on any atom is 0.227 e. The number of amides is 1. The van der Waals surface area contributed by atoms with E-state index in [-0.39, 0.29) is 30.2 Å². The van der Waals surface area contributed by atoms with Gasteiger partial charge in [-0.05, 0) is 36.5 Å². The van der Waals surface area contributed by atoms with E-state index in [9.17, 15) is 14.3 Å². The Labute approximate surface area is 112 Å². The van der Waals surface area contributed by atoms with E-state index in [1.165, 1.54) is 12.1 Å². The van der Waals surface area contributed by atoms with Crippen LogP contribution in [0.15, 0.2) is 24.3 Å². The van der Waals surface area contributed by atoms with E-state index >= 15 is 0 Å². The highest BCUT2D eigenvalue weighted by molar-refractivity contribution is 5.79. The van der Waals surface area contributed by atoms with Crippen molar-refractivity contribution < 1.29 is 14.3 Å². The van der Waals surface area contributed by atoms with E-state index in [4.69, 9.17) is 0 Å². The highest BCUT2D eigenvalue weighted by Crippen LogP contribution is 2.38. The maximum atomic E-state index is 13.1. The van der Waals surface area contributed by atoms with Crippen LogP contribution in [0, 0.1) is 17.7 Å². The Morgan fingerprint density at radius 1 is 1.37 bits per heavy atom. The van der Waals surface area contributed by atoms with Crippen molar-refractivity contribution in [2.24, 2.45) is 11.8 Å². The normalized spacial score (nSPS) is 29.6. The molecule has 4 heteroatoms. The van der Waals surface area contributed by atoms with Gasteiger partial charge in [0.15, 0.2) is 0 Å². The maximum absolute atomic E-state index is 13.1. The SMILES string of the molecule is O=C(Cc1cccc(F)c1)N1CC2CCC(O)C2C1. The molecule has 1 aromatic rings. The molecule has 2 aliphatic rings. The topological polar surface area (TPSA) is 40.5 Å². The quantitative estimate of drug-likeness (QED) is 0.880. The van der Waals surface area contributed by atoms with Crippen LogP contribution >= 0.6 is 0 Å². The molecule has 19 heavy (non-hydrogen) atoms. The van der Waals surface area contributed by atoms with Gasteiger partial charge in [-0.3, -0.25) is 4.79 Å². The van der Waals surface area contributed by atoms with Gasteiger partial charge in [0.05, 0.1) is 12.5 Å². The zero-order valence-corrected chi connectivity index (χ0v) is 10.8. The number of halogens is 1. The van der Waals surface area contributed by atoms with Gasteiger partial charge in [0, 0.05) is 19.0 Å². The second kappa shape index (κ2) is 4.93. The molecule has 1 heterocycles. The lowest BCUT2D eigenvalue weighted by Gasteiger charge is -2.18. The highest BCUT2D eigenvalue weighted by atomic mass is 19.1. The van der Waals surface area contributed by atoms with Gasteiger partial charge in [0.2, 0.25) is 5.91 Å². The molecule has 1 aromatic carbocycles. The van der Waals surface area contributed by atoms with Crippen molar-refractivity contribution in [1.82, 2.24) is 4.90 Å². The molecule has 2 fully saturated rings. The fourth-order valence-electron chi connectivity index (χ4n) is 3.37. The van der Waals surface area contributed by atoms with Crippen molar-refractivity contribution in [3.05, 3.63) is 35.6 Å². The third-order valence-corrected chi connectivity index (χ3v) is 4.42. The summed E-state index contributed by atoms with van der Waals surface area (Å²) >= 11 is 0. The fourth-order valence-corrected chi connectivity index (χ4v) is 3.37. The van der Waals surface area contributed by atoms with Crippen LogP contribution in [-0.2, 0) is 11.2 Å². The van der Waals surface area contributed by atoms with Crippen LogP contribution in [0.4, 0.5) is 4.39 Å². The molecule has 102 valence electrons. The fraction of sp³-hybridized carbons (Fsp3) is 0.533. The second-order valence-electron chi connectivity index (χ2n) is 5.67. The number of hydrogen-bond acceptors (Lipinski definition) is 2. The Kier molecular flexibility index (Phi) is 3.27. The number of aliphatic hydroxyl groups excluding tert-OH is 1. The zero-order chi connectivity index (χ0) is 13.4. The Balaban J connectivity index is 1.63. The molecule has 0 spiro atoms. The first-order valence-electron chi connectivity index (χ1n) is 6.84. The predicted octanol–water partition coefficient (Wildman–Crippen LogP) is 1.60. The van der Waals surface area contributed by atoms with Crippen LogP contribution in [0.3, 0.4) is 0 Å². The van der Waals surface area contributed by atoms with Gasteiger partial charge in [0.25, 0.3) is 0 Å². The molecular formula is C15H18FNO2. The highest BCUT2D eigenvalue weighted by Gasteiger charge is 2.43. The van der Waals surface area contributed by atoms with Crippen LogP contribution < -0.4 is 0 Å². The minimum absolute atomic E-state index is 0.0344. The lowest BCUT2D eigenvalue weighted by molar-refractivity contribution is -0.129. The Hall–Kier alpha value is -1.42. The van der Waals surface area contributed by atoms with E-state index in [1.54, 1.807) is 12.1 Å². The molecule has 0 bridgehead atoms. The van der Waals surface area contributed by atoms with Crippen LogP contribution in [-0.4, -0.2) is 35.1 Å². The van der Waals surface area contributed by atoms with E-state index in [1.807, 2.05) is 4.90 Å². The van der Waals surface area contributed by atoms with Gasteiger partial charge in [-0.2, -0.15) is 0 Å². The van der Waals surface area contributed by atoms with Gasteiger partial charge in [-0.1, -0.05) is 12.1 Å². The number of likely N-dealkylation sites (tertiary alicyclic amines) is 1. The van der Waals surface area contributed by atoms with E-state index in [0.717, 1.165) is 19.4 Å². The molecule has 3 unspecified atom stereocenters. The first-order chi connectivity index (χ1) is 9.13. The molecule has 3 nitrogen and oxygen atoms in total. The molecule has 0 aromatic heterocycles. The summed E-state index contributed by atoms with van der Waals surface area (Å²) < 4.78 is 13.1. The summed E-state index contributed by atoms with van der Waals surface area (Å²) in [6.45, 7) is 1.40. The Bertz CT molecular complexity index is 491. The van der Waals surface area contributed by atoms with Crippen molar-refractivity contribution >= 4 is 5.91 Å². The zero-order valence-electron chi connectivity index (χ0n) is 10.8. The van der Waals surface area contributed by atoms with Crippen molar-refractivity contribution in [3.8, 4) is 0 Å². The number of carbonyl (C=O) groups is 1. The summed E-state index contributed by atoms with van der Waals surface area (Å²) in [7, 11) is 0. The molecular weight excluding hydrogens is 245 g/mol. The van der Waals surface area contributed by atoms with Gasteiger partial charge >= 0.3 is 0 Å².